The van der Waals surface area contributed by atoms with Gasteiger partial charge >= 0.3 is 92.0 Å². The summed E-state index contributed by atoms with van der Waals surface area (Å²) in [4.78, 5) is 0. The van der Waals surface area contributed by atoms with Crippen molar-refractivity contribution in [1.29, 1.82) is 0 Å². The van der Waals surface area contributed by atoms with Gasteiger partial charge in [-0.25, -0.2) is 0 Å². The maximum absolute atomic E-state index is 8.74. The van der Waals surface area contributed by atoms with E-state index in [1.165, 1.54) is 0 Å². The molecule has 0 heterocycles. The van der Waals surface area contributed by atoms with E-state index in [0.717, 1.165) is 0 Å². The van der Waals surface area contributed by atoms with Crippen LogP contribution in [-0.2, 0) is 62.4 Å². The molecule has 24 nitrogen and oxygen atoms in total. The van der Waals surface area contributed by atoms with Crippen molar-refractivity contribution >= 4 is 92.0 Å². The summed E-state index contributed by atoms with van der Waals surface area (Å²) in [5.74, 6) is 0. The average Bonchev–Trinajstić information content (AvgIpc) is 1.94. The van der Waals surface area contributed by atoms with Crippen molar-refractivity contribution in [3.8, 4) is 0 Å². The van der Waals surface area contributed by atoms with Gasteiger partial charge < -0.3 is 0 Å². The second-order valence-corrected chi connectivity index (χ2v) is 8.06. The third-order valence-electron chi connectivity index (χ3n) is 0. The minimum absolute atomic E-state index is 0. The summed E-state index contributed by atoms with van der Waals surface area (Å²) in [6, 6.07) is 0. The predicted octanol–water partition coefficient (Wildman–Crippen LogP) is -4.57. The minimum atomic E-state index is -4.67. The summed E-state index contributed by atoms with van der Waals surface area (Å²) in [5, 5.41) is 0. The van der Waals surface area contributed by atoms with E-state index in [1.54, 1.807) is 0 Å². The standard InChI is InChI=1S/Na.6H2O4S.H/c;6*1-5(2,3)4;/h;6*(H2,1,2,3,4);. The molecule has 0 fully saturated rings. The summed E-state index contributed by atoms with van der Waals surface area (Å²) in [7, 11) is -28.0. The zero-order valence-corrected chi connectivity index (χ0v) is 17.6. The van der Waals surface area contributed by atoms with Crippen molar-refractivity contribution < 1.29 is 105 Å². The monoisotopic (exact) mass is 612 g/mol. The van der Waals surface area contributed by atoms with Gasteiger partial charge in [0.15, 0.2) is 0 Å². The van der Waals surface area contributed by atoms with Crippen LogP contribution >= 0.6 is 0 Å². The average molecular weight is 612 g/mol. The van der Waals surface area contributed by atoms with E-state index < -0.39 is 62.4 Å². The molecule has 194 valence electrons. The Kier molecular flexibility index (Phi) is 30.8. The van der Waals surface area contributed by atoms with Crippen LogP contribution in [0.4, 0.5) is 0 Å². The van der Waals surface area contributed by atoms with E-state index in [9.17, 15) is 0 Å². The van der Waals surface area contributed by atoms with Gasteiger partial charge in [-0.3, -0.25) is 54.6 Å². The normalized spacial score (nSPS) is 11.2. The van der Waals surface area contributed by atoms with Gasteiger partial charge in [0.1, 0.15) is 0 Å². The SMILES string of the molecule is O=S(=O)(O)O.O=S(=O)(O)O.O=S(=O)(O)O.O=S(=O)(O)O.O=S(=O)(O)O.O=S(=O)(O)O.[NaH]. The molecule has 0 spiro atoms. The van der Waals surface area contributed by atoms with E-state index in [4.69, 9.17) is 105 Å². The molecule has 0 aliphatic rings. The first-order valence-electron chi connectivity index (χ1n) is 4.19. The van der Waals surface area contributed by atoms with Crippen molar-refractivity contribution in [3.05, 3.63) is 0 Å². The van der Waals surface area contributed by atoms with Crippen molar-refractivity contribution in [2.24, 2.45) is 0 Å². The van der Waals surface area contributed by atoms with E-state index in [-0.39, 0.29) is 29.6 Å². The molecule has 0 unspecified atom stereocenters. The molecule has 0 amide bonds. The molecule has 0 saturated carbocycles. The molecule has 0 aromatic heterocycles. The first-order valence-corrected chi connectivity index (χ1v) is 12.6. The Balaban J connectivity index is -0.0000000443. The van der Waals surface area contributed by atoms with Gasteiger partial charge in [0.25, 0.3) is 0 Å². The topological polar surface area (TPSA) is 448 Å². The fourth-order valence-corrected chi connectivity index (χ4v) is 0. The van der Waals surface area contributed by atoms with Crippen LogP contribution in [0.1, 0.15) is 0 Å². The van der Waals surface area contributed by atoms with Crippen LogP contribution < -0.4 is 0 Å². The second-order valence-electron chi connectivity index (χ2n) is 2.69. The van der Waals surface area contributed by atoms with Gasteiger partial charge in [0, 0.05) is 0 Å². The predicted molar refractivity (Wildman–Crippen MR) is 92.2 cm³/mol. The quantitative estimate of drug-likeness (QED) is 0.0904. The molecule has 12 N–H and O–H groups in total. The van der Waals surface area contributed by atoms with Crippen LogP contribution in [0.5, 0.6) is 0 Å². The fourth-order valence-electron chi connectivity index (χ4n) is 0. The molecule has 0 radical (unpaired) electrons. The van der Waals surface area contributed by atoms with E-state index in [0.29, 0.717) is 0 Å². The Hall–Kier alpha value is 0.220. The van der Waals surface area contributed by atoms with Crippen LogP contribution in [0, 0.1) is 0 Å². The molecular formula is H13NaO24S6. The Labute approximate surface area is 196 Å². The van der Waals surface area contributed by atoms with Gasteiger partial charge in [-0.2, -0.15) is 50.5 Å². The van der Waals surface area contributed by atoms with Crippen molar-refractivity contribution in [1.82, 2.24) is 0 Å². The first-order chi connectivity index (χ1) is 12.0. The van der Waals surface area contributed by atoms with Gasteiger partial charge in [0.05, 0.1) is 0 Å². The summed E-state index contributed by atoms with van der Waals surface area (Å²) in [6.07, 6.45) is 0. The van der Waals surface area contributed by atoms with Gasteiger partial charge in [-0.05, 0) is 0 Å². The maximum atomic E-state index is 8.74. The number of rotatable bonds is 0. The molecule has 0 bridgehead atoms. The molecule has 0 aromatic carbocycles. The van der Waals surface area contributed by atoms with E-state index >= 15 is 0 Å². The fraction of sp³-hybridized carbons (Fsp3) is 0. The molecule has 0 aliphatic heterocycles. The molecular weight excluding hydrogens is 599 g/mol. The third-order valence-corrected chi connectivity index (χ3v) is 0. The van der Waals surface area contributed by atoms with Gasteiger partial charge in [-0.15, -0.1) is 0 Å². The molecule has 0 rings (SSSR count). The van der Waals surface area contributed by atoms with E-state index in [1.807, 2.05) is 0 Å². The third kappa shape index (κ3) is 497000. The van der Waals surface area contributed by atoms with Crippen LogP contribution in [0.2, 0.25) is 0 Å². The van der Waals surface area contributed by atoms with Gasteiger partial charge in [-0.1, -0.05) is 0 Å². The molecule has 0 aromatic rings. The van der Waals surface area contributed by atoms with Crippen LogP contribution in [-0.4, -0.2) is 135 Å². The summed E-state index contributed by atoms with van der Waals surface area (Å²) >= 11 is 0. The molecule has 0 atom stereocenters. The number of hydrogen-bond donors (Lipinski definition) is 12. The zero-order chi connectivity index (χ0) is 27.0. The Morgan fingerprint density at radius 1 is 0.226 bits per heavy atom. The zero-order valence-electron chi connectivity index (χ0n) is 12.7. The van der Waals surface area contributed by atoms with E-state index in [2.05, 4.69) is 0 Å². The van der Waals surface area contributed by atoms with Crippen molar-refractivity contribution in [3.63, 3.8) is 0 Å². The first kappa shape index (κ1) is 48.6. The van der Waals surface area contributed by atoms with Gasteiger partial charge in [0.2, 0.25) is 0 Å². The molecule has 31 heteroatoms. The second kappa shape index (κ2) is 19.7. The van der Waals surface area contributed by atoms with Crippen LogP contribution in [0.3, 0.4) is 0 Å². The molecule has 31 heavy (non-hydrogen) atoms. The van der Waals surface area contributed by atoms with Crippen LogP contribution in [0.25, 0.3) is 0 Å². The number of hydrogen-bond acceptors (Lipinski definition) is 12. The van der Waals surface area contributed by atoms with Crippen molar-refractivity contribution in [2.75, 3.05) is 0 Å². The molecule has 0 saturated heterocycles. The summed E-state index contributed by atoms with van der Waals surface area (Å²) < 4.78 is 190. The summed E-state index contributed by atoms with van der Waals surface area (Å²) in [5.41, 5.74) is 0. The van der Waals surface area contributed by atoms with Crippen molar-refractivity contribution in [2.45, 2.75) is 0 Å². The van der Waals surface area contributed by atoms with Crippen LogP contribution in [0.15, 0.2) is 0 Å². The molecule has 0 aliphatic carbocycles. The summed E-state index contributed by atoms with van der Waals surface area (Å²) in [6.45, 7) is 0. The Bertz CT molecular complexity index is 760. The Morgan fingerprint density at radius 3 is 0.226 bits per heavy atom. The Morgan fingerprint density at radius 2 is 0.226 bits per heavy atom.